The van der Waals surface area contributed by atoms with Gasteiger partial charge in [0.25, 0.3) is 5.91 Å². The Morgan fingerprint density at radius 2 is 2.35 bits per heavy atom. The van der Waals surface area contributed by atoms with Gasteiger partial charge >= 0.3 is 0 Å². The lowest BCUT2D eigenvalue weighted by molar-refractivity contribution is 0.0731. The summed E-state index contributed by atoms with van der Waals surface area (Å²) in [5.41, 5.74) is 0. The summed E-state index contributed by atoms with van der Waals surface area (Å²) < 4.78 is 26.1. The molecular formula is C8H12N4O3S2. The van der Waals surface area contributed by atoms with E-state index in [-0.39, 0.29) is 12.5 Å². The molecule has 1 aliphatic rings. The second-order valence-corrected chi connectivity index (χ2v) is 6.52. The number of hydrogen-bond acceptors (Lipinski definition) is 6. The second-order valence-electron chi connectivity index (χ2n) is 3.89. The Morgan fingerprint density at radius 1 is 1.59 bits per heavy atom. The number of rotatable bonds is 2. The quantitative estimate of drug-likeness (QED) is 0.778. The summed E-state index contributed by atoms with van der Waals surface area (Å²) in [7, 11) is -3.58. The van der Waals surface area contributed by atoms with E-state index in [1.807, 2.05) is 0 Å². The van der Waals surface area contributed by atoms with Crippen LogP contribution in [0.4, 0.5) is 0 Å². The van der Waals surface area contributed by atoms with Gasteiger partial charge in [-0.2, -0.15) is 0 Å². The van der Waals surface area contributed by atoms with E-state index >= 15 is 0 Å². The van der Waals surface area contributed by atoms with Crippen molar-refractivity contribution in [3.63, 3.8) is 0 Å². The van der Waals surface area contributed by atoms with Gasteiger partial charge in [0.1, 0.15) is 4.88 Å². The molecule has 1 unspecified atom stereocenters. The lowest BCUT2D eigenvalue weighted by Gasteiger charge is -2.30. The number of sulfonamides is 1. The molecule has 1 saturated heterocycles. The predicted molar refractivity (Wildman–Crippen MR) is 61.9 cm³/mol. The number of carbonyl (C=O) groups is 1. The van der Waals surface area contributed by atoms with Crippen LogP contribution in [0.1, 0.15) is 22.5 Å². The fourth-order valence-electron chi connectivity index (χ4n) is 1.81. The van der Waals surface area contributed by atoms with Crippen LogP contribution in [0.25, 0.3) is 0 Å². The Labute approximate surface area is 103 Å². The zero-order chi connectivity index (χ0) is 12.5. The maximum atomic E-state index is 12.0. The van der Waals surface area contributed by atoms with Crippen molar-refractivity contribution in [1.82, 2.24) is 14.5 Å². The van der Waals surface area contributed by atoms with E-state index in [9.17, 15) is 13.2 Å². The Bertz CT molecular complexity index is 499. The molecule has 0 saturated carbocycles. The number of aromatic nitrogens is 2. The molecule has 0 spiro atoms. The molecule has 9 heteroatoms. The number of primary sulfonamides is 1. The Morgan fingerprint density at radius 3 is 2.94 bits per heavy atom. The third-order valence-electron chi connectivity index (χ3n) is 2.70. The van der Waals surface area contributed by atoms with E-state index in [4.69, 9.17) is 5.14 Å². The van der Waals surface area contributed by atoms with Crippen molar-refractivity contribution in [2.24, 2.45) is 5.14 Å². The Hall–Kier alpha value is -1.06. The van der Waals surface area contributed by atoms with Crippen LogP contribution in [-0.2, 0) is 10.0 Å². The van der Waals surface area contributed by atoms with E-state index in [1.54, 1.807) is 0 Å². The summed E-state index contributed by atoms with van der Waals surface area (Å²) in [6, 6.07) is 0. The summed E-state index contributed by atoms with van der Waals surface area (Å²) in [5, 5.41) is 8.02. The van der Waals surface area contributed by atoms with Gasteiger partial charge in [0, 0.05) is 13.1 Å². The molecule has 1 aromatic heterocycles. The topological polar surface area (TPSA) is 106 Å². The highest BCUT2D eigenvalue weighted by Crippen LogP contribution is 2.18. The molecule has 2 rings (SSSR count). The van der Waals surface area contributed by atoms with Gasteiger partial charge < -0.3 is 4.90 Å². The lowest BCUT2D eigenvalue weighted by Crippen LogP contribution is -2.46. The van der Waals surface area contributed by atoms with E-state index in [2.05, 4.69) is 9.59 Å². The van der Waals surface area contributed by atoms with Gasteiger partial charge in [-0.25, -0.2) is 13.6 Å². The van der Waals surface area contributed by atoms with Gasteiger partial charge in [-0.3, -0.25) is 4.79 Å². The van der Waals surface area contributed by atoms with Crippen LogP contribution in [-0.4, -0.2) is 47.2 Å². The lowest BCUT2D eigenvalue weighted by atomic mass is 10.1. The maximum absolute atomic E-state index is 12.0. The number of piperidine rings is 1. The molecular weight excluding hydrogens is 264 g/mol. The Balaban J connectivity index is 2.10. The van der Waals surface area contributed by atoms with E-state index in [1.165, 1.54) is 11.1 Å². The zero-order valence-corrected chi connectivity index (χ0v) is 10.6. The number of amides is 1. The first kappa shape index (κ1) is 12.4. The summed E-state index contributed by atoms with van der Waals surface area (Å²) in [6.07, 6.45) is 2.52. The molecule has 94 valence electrons. The normalized spacial score (nSPS) is 21.5. The van der Waals surface area contributed by atoms with Gasteiger partial charge in [0.2, 0.25) is 10.0 Å². The molecule has 1 atom stereocenters. The first-order valence-corrected chi connectivity index (χ1v) is 7.45. The highest BCUT2D eigenvalue weighted by molar-refractivity contribution is 7.89. The predicted octanol–water partition coefficient (Wildman–Crippen LogP) is -0.569. The number of nitrogens with zero attached hydrogens (tertiary/aromatic N) is 3. The molecule has 0 aromatic carbocycles. The Kier molecular flexibility index (Phi) is 3.40. The average molecular weight is 276 g/mol. The molecule has 0 radical (unpaired) electrons. The number of hydrogen-bond donors (Lipinski definition) is 1. The van der Waals surface area contributed by atoms with E-state index < -0.39 is 15.3 Å². The fourth-order valence-corrected chi connectivity index (χ4v) is 3.17. The van der Waals surface area contributed by atoms with Crippen molar-refractivity contribution in [3.05, 3.63) is 11.1 Å². The molecule has 7 nitrogen and oxygen atoms in total. The minimum atomic E-state index is -3.58. The summed E-state index contributed by atoms with van der Waals surface area (Å²) in [6.45, 7) is 0.693. The smallest absolute Gasteiger partial charge is 0.267 e. The maximum Gasteiger partial charge on any atom is 0.267 e. The van der Waals surface area contributed by atoms with Crippen LogP contribution in [0.2, 0.25) is 0 Å². The largest absolute Gasteiger partial charge is 0.336 e. The van der Waals surface area contributed by atoms with Gasteiger partial charge in [-0.1, -0.05) is 4.49 Å². The van der Waals surface area contributed by atoms with Crippen LogP contribution in [0.15, 0.2) is 6.20 Å². The van der Waals surface area contributed by atoms with Crippen molar-refractivity contribution < 1.29 is 13.2 Å². The molecule has 2 N–H and O–H groups in total. The SMILES string of the molecule is NS(=O)(=O)C1CCCN(C(=O)c2cnns2)C1. The molecule has 0 aliphatic carbocycles. The third-order valence-corrected chi connectivity index (χ3v) is 4.67. The van der Waals surface area contributed by atoms with Crippen LogP contribution in [0.5, 0.6) is 0 Å². The molecule has 0 bridgehead atoms. The van der Waals surface area contributed by atoms with Crippen molar-refractivity contribution >= 4 is 27.5 Å². The van der Waals surface area contributed by atoms with Crippen molar-refractivity contribution in [2.75, 3.05) is 13.1 Å². The monoisotopic (exact) mass is 276 g/mol. The van der Waals surface area contributed by atoms with Gasteiger partial charge in [-0.15, -0.1) is 5.10 Å². The fraction of sp³-hybridized carbons (Fsp3) is 0.625. The molecule has 1 aliphatic heterocycles. The van der Waals surface area contributed by atoms with Crippen LogP contribution < -0.4 is 5.14 Å². The van der Waals surface area contributed by atoms with Crippen LogP contribution >= 0.6 is 11.5 Å². The van der Waals surface area contributed by atoms with E-state index in [0.717, 1.165) is 11.5 Å². The molecule has 17 heavy (non-hydrogen) atoms. The number of likely N-dealkylation sites (tertiary alicyclic amines) is 1. The average Bonchev–Trinajstić information content (AvgIpc) is 2.80. The summed E-state index contributed by atoms with van der Waals surface area (Å²) in [5.74, 6) is -0.228. The number of carbonyl (C=O) groups excluding carboxylic acids is 1. The van der Waals surface area contributed by atoms with Crippen molar-refractivity contribution in [1.29, 1.82) is 0 Å². The van der Waals surface area contributed by atoms with Crippen molar-refractivity contribution in [3.8, 4) is 0 Å². The third kappa shape index (κ3) is 2.79. The van der Waals surface area contributed by atoms with Crippen molar-refractivity contribution in [2.45, 2.75) is 18.1 Å². The first-order valence-electron chi connectivity index (χ1n) is 5.06. The summed E-state index contributed by atoms with van der Waals surface area (Å²) >= 11 is 1.00. The number of nitrogens with two attached hydrogens (primary N) is 1. The molecule has 1 fully saturated rings. The van der Waals surface area contributed by atoms with Gasteiger partial charge in [0.05, 0.1) is 11.4 Å². The highest BCUT2D eigenvalue weighted by Gasteiger charge is 2.31. The highest BCUT2D eigenvalue weighted by atomic mass is 32.2. The zero-order valence-electron chi connectivity index (χ0n) is 8.94. The first-order chi connectivity index (χ1) is 7.98. The standard InChI is InChI=1S/C8H12N4O3S2/c9-17(14,15)6-2-1-3-12(5-6)8(13)7-4-10-11-16-7/h4,6H,1-3,5H2,(H2,9,14,15). The minimum Gasteiger partial charge on any atom is -0.336 e. The summed E-state index contributed by atoms with van der Waals surface area (Å²) in [4.78, 5) is 13.9. The van der Waals surface area contributed by atoms with Gasteiger partial charge in [0.15, 0.2) is 0 Å². The van der Waals surface area contributed by atoms with Crippen LogP contribution in [0.3, 0.4) is 0 Å². The molecule has 1 amide bonds. The van der Waals surface area contributed by atoms with E-state index in [0.29, 0.717) is 24.3 Å². The molecule has 2 heterocycles. The van der Waals surface area contributed by atoms with Gasteiger partial charge in [-0.05, 0) is 24.4 Å². The molecule has 1 aromatic rings. The second kappa shape index (κ2) is 4.67. The minimum absolute atomic E-state index is 0.148. The van der Waals surface area contributed by atoms with Crippen LogP contribution in [0, 0.1) is 0 Å².